The predicted molar refractivity (Wildman–Crippen MR) is 46.8 cm³/mol. The molecule has 0 aliphatic heterocycles. The minimum Gasteiger partial charge on any atom is -0.465 e. The molecule has 0 unspecified atom stereocenters. The Hall–Kier alpha value is -1.64. The number of rotatable bonds is 4. The first-order valence-electron chi connectivity index (χ1n) is 3.54. The molecule has 0 radical (unpaired) electrons. The Kier molecular flexibility index (Phi) is 3.02. The average molecular weight is 162 g/mol. The summed E-state index contributed by atoms with van der Waals surface area (Å²) in [5, 5.41) is 0. The molecule has 0 bridgehead atoms. The Morgan fingerprint density at radius 1 is 1.33 bits per heavy atom. The van der Waals surface area contributed by atoms with E-state index in [-0.39, 0.29) is 6.10 Å². The van der Waals surface area contributed by atoms with E-state index in [1.807, 2.05) is 0 Å². The van der Waals surface area contributed by atoms with Crippen molar-refractivity contribution in [3.05, 3.63) is 43.9 Å². The maximum atomic E-state index is 5.30. The fourth-order valence-electron chi connectivity index (χ4n) is 0.678. The highest BCUT2D eigenvalue weighted by Gasteiger charge is 2.00. The van der Waals surface area contributed by atoms with Gasteiger partial charge < -0.3 is 4.74 Å². The lowest BCUT2D eigenvalue weighted by Crippen LogP contribution is -2.09. The van der Waals surface area contributed by atoms with Crippen molar-refractivity contribution >= 4 is 0 Å². The van der Waals surface area contributed by atoms with Gasteiger partial charge in [0.25, 0.3) is 0 Å². The first-order valence-corrected chi connectivity index (χ1v) is 3.54. The van der Waals surface area contributed by atoms with E-state index >= 15 is 0 Å². The zero-order valence-corrected chi connectivity index (χ0v) is 6.68. The minimum absolute atomic E-state index is 0.207. The molecule has 0 aliphatic carbocycles. The molecule has 3 nitrogen and oxygen atoms in total. The van der Waals surface area contributed by atoms with Crippen LogP contribution in [0.25, 0.3) is 0 Å². The van der Waals surface area contributed by atoms with Crippen molar-refractivity contribution in [2.24, 2.45) is 0 Å². The summed E-state index contributed by atoms with van der Waals surface area (Å²) in [6, 6.07) is 0. The van der Waals surface area contributed by atoms with Crippen LogP contribution in [-0.2, 0) is 0 Å². The number of nitrogens with zero attached hydrogens (tertiary/aromatic N) is 2. The Labute approximate surface area is 71.4 Å². The van der Waals surface area contributed by atoms with Crippen molar-refractivity contribution in [2.45, 2.75) is 6.10 Å². The predicted octanol–water partition coefficient (Wildman–Crippen LogP) is 1.60. The molecule has 1 heterocycles. The fourth-order valence-corrected chi connectivity index (χ4v) is 0.678. The highest BCUT2D eigenvalue weighted by molar-refractivity contribution is 5.06. The molecule has 1 aromatic heterocycles. The van der Waals surface area contributed by atoms with Crippen LogP contribution in [0.5, 0.6) is 5.88 Å². The van der Waals surface area contributed by atoms with Crippen LogP contribution in [0.4, 0.5) is 0 Å². The second kappa shape index (κ2) is 4.28. The molecule has 0 saturated heterocycles. The smallest absolute Gasteiger partial charge is 0.233 e. The lowest BCUT2D eigenvalue weighted by atomic mass is 10.3. The quantitative estimate of drug-likeness (QED) is 0.631. The van der Waals surface area contributed by atoms with Crippen LogP contribution in [-0.4, -0.2) is 16.1 Å². The van der Waals surface area contributed by atoms with Gasteiger partial charge in [0.05, 0.1) is 6.20 Å². The molecule has 0 amide bonds. The van der Waals surface area contributed by atoms with Crippen LogP contribution < -0.4 is 4.74 Å². The standard InChI is InChI=1S/C9H10N2O/c1-3-8(4-2)12-9-7-10-5-6-11-9/h3-8H,1-2H2. The zero-order chi connectivity index (χ0) is 8.81. The van der Waals surface area contributed by atoms with E-state index in [1.54, 1.807) is 30.7 Å². The van der Waals surface area contributed by atoms with Crippen molar-refractivity contribution < 1.29 is 4.74 Å². The molecule has 0 saturated carbocycles. The number of hydrogen-bond acceptors (Lipinski definition) is 3. The van der Waals surface area contributed by atoms with Gasteiger partial charge >= 0.3 is 0 Å². The highest BCUT2D eigenvalue weighted by atomic mass is 16.5. The number of hydrogen-bond donors (Lipinski definition) is 0. The van der Waals surface area contributed by atoms with E-state index in [0.29, 0.717) is 5.88 Å². The first kappa shape index (κ1) is 8.46. The van der Waals surface area contributed by atoms with Crippen LogP contribution in [0.15, 0.2) is 43.9 Å². The van der Waals surface area contributed by atoms with Crippen molar-refractivity contribution in [1.82, 2.24) is 9.97 Å². The monoisotopic (exact) mass is 162 g/mol. The van der Waals surface area contributed by atoms with E-state index in [2.05, 4.69) is 23.1 Å². The molecule has 1 rings (SSSR count). The zero-order valence-electron chi connectivity index (χ0n) is 6.68. The molecule has 0 aromatic carbocycles. The summed E-state index contributed by atoms with van der Waals surface area (Å²) in [4.78, 5) is 7.78. The van der Waals surface area contributed by atoms with Gasteiger partial charge in [-0.1, -0.05) is 13.2 Å². The second-order valence-corrected chi connectivity index (χ2v) is 2.10. The molecule has 62 valence electrons. The Balaban J connectivity index is 2.62. The summed E-state index contributed by atoms with van der Waals surface area (Å²) in [6.07, 6.45) is 7.77. The van der Waals surface area contributed by atoms with Gasteiger partial charge in [0.2, 0.25) is 5.88 Å². The Bertz CT molecular complexity index is 250. The molecule has 0 spiro atoms. The highest BCUT2D eigenvalue weighted by Crippen LogP contribution is 2.05. The van der Waals surface area contributed by atoms with Gasteiger partial charge in [-0.2, -0.15) is 0 Å². The summed E-state index contributed by atoms with van der Waals surface area (Å²) in [6.45, 7) is 7.17. The van der Waals surface area contributed by atoms with E-state index in [4.69, 9.17) is 4.74 Å². The molecule has 0 fully saturated rings. The normalized spacial score (nSPS) is 9.42. The average Bonchev–Trinajstić information content (AvgIpc) is 2.16. The third kappa shape index (κ3) is 2.20. The third-order valence-corrected chi connectivity index (χ3v) is 1.26. The van der Waals surface area contributed by atoms with E-state index < -0.39 is 0 Å². The Morgan fingerprint density at radius 2 is 2.08 bits per heavy atom. The van der Waals surface area contributed by atoms with Gasteiger partial charge in [0.1, 0.15) is 6.10 Å². The molecule has 1 aromatic rings. The summed E-state index contributed by atoms with van der Waals surface area (Å²) >= 11 is 0. The van der Waals surface area contributed by atoms with Crippen LogP contribution in [0, 0.1) is 0 Å². The van der Waals surface area contributed by atoms with Gasteiger partial charge in [-0.25, -0.2) is 4.98 Å². The molecular weight excluding hydrogens is 152 g/mol. The summed E-state index contributed by atoms with van der Waals surface area (Å²) < 4.78 is 5.30. The minimum atomic E-state index is -0.207. The SMILES string of the molecule is C=CC(C=C)Oc1cnccn1. The van der Waals surface area contributed by atoms with Crippen molar-refractivity contribution in [2.75, 3.05) is 0 Å². The molecule has 12 heavy (non-hydrogen) atoms. The van der Waals surface area contributed by atoms with Gasteiger partial charge in [0.15, 0.2) is 0 Å². The topological polar surface area (TPSA) is 35.0 Å². The van der Waals surface area contributed by atoms with Gasteiger partial charge in [-0.3, -0.25) is 4.98 Å². The van der Waals surface area contributed by atoms with Gasteiger partial charge in [-0.05, 0) is 12.2 Å². The molecule has 0 atom stereocenters. The third-order valence-electron chi connectivity index (χ3n) is 1.26. The summed E-state index contributed by atoms with van der Waals surface area (Å²) in [7, 11) is 0. The van der Waals surface area contributed by atoms with Crippen LogP contribution in [0.3, 0.4) is 0 Å². The lowest BCUT2D eigenvalue weighted by molar-refractivity contribution is 0.284. The van der Waals surface area contributed by atoms with Crippen LogP contribution >= 0.6 is 0 Å². The van der Waals surface area contributed by atoms with Gasteiger partial charge in [0, 0.05) is 12.4 Å². The second-order valence-electron chi connectivity index (χ2n) is 2.10. The van der Waals surface area contributed by atoms with Gasteiger partial charge in [-0.15, -0.1) is 0 Å². The lowest BCUT2D eigenvalue weighted by Gasteiger charge is -2.08. The molecule has 0 aliphatic rings. The van der Waals surface area contributed by atoms with Crippen molar-refractivity contribution in [3.8, 4) is 5.88 Å². The first-order chi connectivity index (χ1) is 5.86. The van der Waals surface area contributed by atoms with Crippen molar-refractivity contribution in [1.29, 1.82) is 0 Å². The molecule has 3 heteroatoms. The van der Waals surface area contributed by atoms with E-state index in [9.17, 15) is 0 Å². The van der Waals surface area contributed by atoms with Crippen molar-refractivity contribution in [3.63, 3.8) is 0 Å². The summed E-state index contributed by atoms with van der Waals surface area (Å²) in [5.74, 6) is 0.474. The van der Waals surface area contributed by atoms with Crippen LogP contribution in [0.2, 0.25) is 0 Å². The molecular formula is C9H10N2O. The largest absolute Gasteiger partial charge is 0.465 e. The van der Waals surface area contributed by atoms with E-state index in [1.165, 1.54) is 0 Å². The maximum absolute atomic E-state index is 5.30. The molecule has 0 N–H and O–H groups in total. The van der Waals surface area contributed by atoms with Crippen LogP contribution in [0.1, 0.15) is 0 Å². The number of ether oxygens (including phenoxy) is 1. The van der Waals surface area contributed by atoms with E-state index in [0.717, 1.165) is 0 Å². The maximum Gasteiger partial charge on any atom is 0.233 e. The summed E-state index contributed by atoms with van der Waals surface area (Å²) in [5.41, 5.74) is 0. The number of aromatic nitrogens is 2. The fraction of sp³-hybridized carbons (Fsp3) is 0.111. The Morgan fingerprint density at radius 3 is 2.58 bits per heavy atom.